The molecule has 0 saturated carbocycles. The number of amides is 2. The van der Waals surface area contributed by atoms with Crippen LogP contribution in [-0.4, -0.2) is 69.3 Å². The van der Waals surface area contributed by atoms with Crippen molar-refractivity contribution in [3.8, 4) is 0 Å². The second-order valence-corrected chi connectivity index (χ2v) is 11.3. The van der Waals surface area contributed by atoms with E-state index in [0.717, 1.165) is 5.56 Å². The average molecular weight is 503 g/mol. The van der Waals surface area contributed by atoms with E-state index in [1.807, 2.05) is 6.92 Å². The lowest BCUT2D eigenvalue weighted by atomic mass is 10.1. The quantitative estimate of drug-likeness (QED) is 0.186. The maximum absolute atomic E-state index is 12.5. The molecule has 0 fully saturated rings. The summed E-state index contributed by atoms with van der Waals surface area (Å²) in [6.45, 7) is 2.17. The van der Waals surface area contributed by atoms with Crippen LogP contribution in [0.25, 0.3) is 0 Å². The molecular weight excluding hydrogens is 471 g/mol. The van der Waals surface area contributed by atoms with E-state index in [0.29, 0.717) is 30.4 Å². The van der Waals surface area contributed by atoms with Crippen LogP contribution in [0.2, 0.25) is 0 Å². The Labute approximate surface area is 204 Å². The highest BCUT2D eigenvalue weighted by molar-refractivity contribution is 7.58. The summed E-state index contributed by atoms with van der Waals surface area (Å²) in [6.07, 6.45) is 0.304. The van der Waals surface area contributed by atoms with Gasteiger partial charge in [-0.3, -0.25) is 19.1 Å². The van der Waals surface area contributed by atoms with Crippen LogP contribution in [-0.2, 0) is 4.57 Å². The molecule has 0 bridgehead atoms. The van der Waals surface area contributed by atoms with Crippen LogP contribution in [0, 0.1) is 0 Å². The van der Waals surface area contributed by atoms with Crippen LogP contribution in [0.15, 0.2) is 48.5 Å². The number of carbonyl (C=O) groups is 3. The number of aromatic carboxylic acids is 1. The molecule has 2 amide bonds. The molecule has 0 spiro atoms. The van der Waals surface area contributed by atoms with Crippen molar-refractivity contribution in [2.45, 2.75) is 38.3 Å². The van der Waals surface area contributed by atoms with Gasteiger partial charge in [0.05, 0.1) is 29.0 Å². The van der Waals surface area contributed by atoms with Crippen molar-refractivity contribution in [3.05, 3.63) is 70.8 Å². The first kappa shape index (κ1) is 26.8. The van der Waals surface area contributed by atoms with E-state index < -0.39 is 19.4 Å². The average Bonchev–Trinajstić information content (AvgIpc) is 3.07. The molecule has 2 aromatic rings. The number of unbranched alkanes of at least 4 members (excludes halogenated alkanes) is 2. The summed E-state index contributed by atoms with van der Waals surface area (Å²) >= 11 is 0. The van der Waals surface area contributed by atoms with Crippen LogP contribution in [0.3, 0.4) is 0 Å². The Bertz CT molecular complexity index is 1100. The van der Waals surface area contributed by atoms with E-state index in [4.69, 9.17) is 5.11 Å². The van der Waals surface area contributed by atoms with Crippen molar-refractivity contribution in [1.82, 2.24) is 10.2 Å². The number of nitrogens with one attached hydrogen (secondary N) is 1. The number of hydrogen-bond acceptors (Lipinski definition) is 6. The summed E-state index contributed by atoms with van der Waals surface area (Å²) in [5.41, 5.74) is 1.72. The Morgan fingerprint density at radius 2 is 1.69 bits per heavy atom. The Balaban J connectivity index is 1.36. The lowest BCUT2D eigenvalue weighted by Gasteiger charge is -2.20. The van der Waals surface area contributed by atoms with E-state index in [2.05, 4.69) is 5.32 Å². The second kappa shape index (κ2) is 11.7. The van der Waals surface area contributed by atoms with Gasteiger partial charge < -0.3 is 20.4 Å². The molecule has 0 aliphatic carbocycles. The number of rotatable bonds is 13. The molecular formula is C25H31N2O7P. The van der Waals surface area contributed by atoms with Crippen molar-refractivity contribution >= 4 is 25.2 Å². The maximum atomic E-state index is 12.5. The number of hydrogen-bond donors (Lipinski definition) is 4. The molecule has 3 unspecified atom stereocenters. The van der Waals surface area contributed by atoms with Gasteiger partial charge >= 0.3 is 5.97 Å². The molecule has 1 aliphatic rings. The van der Waals surface area contributed by atoms with Gasteiger partial charge in [0.1, 0.15) is 0 Å². The lowest BCUT2D eigenvalue weighted by molar-refractivity contribution is 0.0648. The first-order chi connectivity index (χ1) is 16.6. The highest BCUT2D eigenvalue weighted by atomic mass is 31.2. The number of carboxylic acid groups (broad SMARTS) is 1. The van der Waals surface area contributed by atoms with Gasteiger partial charge in [0.2, 0.25) is 7.37 Å². The normalized spacial score (nSPS) is 16.6. The monoisotopic (exact) mass is 502 g/mol. The van der Waals surface area contributed by atoms with E-state index in [1.54, 1.807) is 42.5 Å². The van der Waals surface area contributed by atoms with Crippen molar-refractivity contribution < 1.29 is 34.1 Å². The topological polar surface area (TPSA) is 144 Å². The summed E-state index contributed by atoms with van der Waals surface area (Å²) in [4.78, 5) is 47.3. The third kappa shape index (κ3) is 7.08. The van der Waals surface area contributed by atoms with Gasteiger partial charge in [-0.2, -0.15) is 0 Å². The number of carboxylic acids is 1. The van der Waals surface area contributed by atoms with Crippen LogP contribution < -0.4 is 5.32 Å². The van der Waals surface area contributed by atoms with E-state index in [-0.39, 0.29) is 48.8 Å². The third-order valence-electron chi connectivity index (χ3n) is 6.06. The summed E-state index contributed by atoms with van der Waals surface area (Å²) in [5, 5.41) is 22.4. The van der Waals surface area contributed by atoms with E-state index >= 15 is 0 Å². The SMILES string of the molecule is CC(NCC(O)CP(=O)(O)CCCCCN1C(=O)c2ccccc2C1=O)c1cccc(C(=O)O)c1. The molecule has 0 radical (unpaired) electrons. The van der Waals surface area contributed by atoms with Gasteiger partial charge in [0.15, 0.2) is 0 Å². The fraction of sp³-hybridized carbons (Fsp3) is 0.400. The standard InChI is InChI=1S/C25H31N2O7P/c1-17(18-8-7-9-19(14-18)25(31)32)26-15-20(28)16-35(33,34)13-6-2-5-12-27-23(29)21-10-3-4-11-22(21)24(27)30/h3-4,7-11,14,17,20,26,28H,2,5-6,12-13,15-16H2,1H3,(H,31,32)(H,33,34). The smallest absolute Gasteiger partial charge is 0.335 e. The van der Waals surface area contributed by atoms with Crippen molar-refractivity contribution in [2.24, 2.45) is 0 Å². The maximum Gasteiger partial charge on any atom is 0.335 e. The fourth-order valence-electron chi connectivity index (χ4n) is 4.10. The summed E-state index contributed by atoms with van der Waals surface area (Å²) in [5.74, 6) is -1.64. The van der Waals surface area contributed by atoms with Crippen molar-refractivity contribution in [2.75, 3.05) is 25.4 Å². The predicted molar refractivity (Wildman–Crippen MR) is 131 cm³/mol. The Morgan fingerprint density at radius 3 is 2.31 bits per heavy atom. The number of imide groups is 1. The minimum Gasteiger partial charge on any atom is -0.478 e. The molecule has 10 heteroatoms. The van der Waals surface area contributed by atoms with Gasteiger partial charge in [-0.05, 0) is 49.6 Å². The molecule has 4 N–H and O–H groups in total. The zero-order valence-corrected chi connectivity index (χ0v) is 20.5. The van der Waals surface area contributed by atoms with Gasteiger partial charge in [0.25, 0.3) is 11.8 Å². The minimum atomic E-state index is -3.55. The first-order valence-electron chi connectivity index (χ1n) is 11.6. The van der Waals surface area contributed by atoms with E-state index in [9.17, 15) is 28.9 Å². The van der Waals surface area contributed by atoms with Gasteiger partial charge in [-0.1, -0.05) is 30.7 Å². The number of carbonyl (C=O) groups excluding carboxylic acids is 2. The molecule has 2 aromatic carbocycles. The Morgan fingerprint density at radius 1 is 1.03 bits per heavy atom. The van der Waals surface area contributed by atoms with E-state index in [1.165, 1.54) is 11.0 Å². The highest BCUT2D eigenvalue weighted by Crippen LogP contribution is 2.42. The molecule has 3 rings (SSSR count). The second-order valence-electron chi connectivity index (χ2n) is 8.84. The molecule has 1 aliphatic heterocycles. The van der Waals surface area contributed by atoms with Gasteiger partial charge in [-0.15, -0.1) is 0 Å². The minimum absolute atomic E-state index is 0.0440. The molecule has 1 heterocycles. The summed E-state index contributed by atoms with van der Waals surface area (Å²) < 4.78 is 12.5. The molecule has 188 valence electrons. The van der Waals surface area contributed by atoms with Crippen molar-refractivity contribution in [3.63, 3.8) is 0 Å². The zero-order chi connectivity index (χ0) is 25.6. The highest BCUT2D eigenvalue weighted by Gasteiger charge is 2.34. The summed E-state index contributed by atoms with van der Waals surface area (Å²) in [7, 11) is -3.55. The molecule has 3 atom stereocenters. The molecule has 9 nitrogen and oxygen atoms in total. The Hall–Kier alpha value is -2.84. The lowest BCUT2D eigenvalue weighted by Crippen LogP contribution is -2.31. The van der Waals surface area contributed by atoms with Gasteiger partial charge in [0, 0.05) is 25.3 Å². The predicted octanol–water partition coefficient (Wildman–Crippen LogP) is 3.13. The number of benzene rings is 2. The van der Waals surface area contributed by atoms with Crippen LogP contribution in [0.5, 0.6) is 0 Å². The number of nitrogens with zero attached hydrogens (tertiary/aromatic N) is 1. The fourth-order valence-corrected chi connectivity index (χ4v) is 5.79. The molecule has 35 heavy (non-hydrogen) atoms. The van der Waals surface area contributed by atoms with Crippen molar-refractivity contribution in [1.29, 1.82) is 0 Å². The first-order valence-corrected chi connectivity index (χ1v) is 13.6. The Kier molecular flexibility index (Phi) is 8.97. The van der Waals surface area contributed by atoms with Crippen LogP contribution in [0.1, 0.15) is 68.9 Å². The van der Waals surface area contributed by atoms with Crippen LogP contribution in [0.4, 0.5) is 0 Å². The molecule has 0 aromatic heterocycles. The summed E-state index contributed by atoms with van der Waals surface area (Å²) in [6, 6.07) is 12.9. The van der Waals surface area contributed by atoms with Gasteiger partial charge in [-0.25, -0.2) is 4.79 Å². The zero-order valence-electron chi connectivity index (χ0n) is 19.6. The number of fused-ring (bicyclic) bond motifs is 1. The number of aliphatic hydroxyl groups excluding tert-OH is 1. The largest absolute Gasteiger partial charge is 0.478 e. The number of aliphatic hydroxyl groups is 1. The van der Waals surface area contributed by atoms with Crippen LogP contribution >= 0.6 is 7.37 Å². The molecule has 0 saturated heterocycles. The third-order valence-corrected chi connectivity index (χ3v) is 8.06.